The van der Waals surface area contributed by atoms with Crippen LogP contribution in [-0.4, -0.2) is 8.76 Å². The molecule has 10 heavy (non-hydrogen) atoms. The zero-order chi connectivity index (χ0) is 7.56. The van der Waals surface area contributed by atoms with Gasteiger partial charge in [-0.1, -0.05) is 0 Å². The molecule has 1 aromatic rings. The van der Waals surface area contributed by atoms with Gasteiger partial charge in [0.1, 0.15) is 0 Å². The van der Waals surface area contributed by atoms with E-state index in [0.717, 1.165) is 9.35 Å². The number of thiophene rings is 1. The molecule has 1 aromatic heterocycles. The van der Waals surface area contributed by atoms with Crippen molar-refractivity contribution < 1.29 is 8.76 Å². The summed E-state index contributed by atoms with van der Waals surface area (Å²) < 4.78 is 19.8. The number of hydrogen-bond acceptors (Lipinski definition) is 2. The molecule has 0 amide bonds. The Morgan fingerprint density at radius 3 is 2.90 bits per heavy atom. The fraction of sp³-hybridized carbons (Fsp3) is 0.200. The molecular weight excluding hydrogens is 236 g/mol. The summed E-state index contributed by atoms with van der Waals surface area (Å²) in [6.45, 7) is 0. The summed E-state index contributed by atoms with van der Waals surface area (Å²) in [4.78, 5) is 0. The van der Waals surface area contributed by atoms with Crippen LogP contribution in [0.2, 0.25) is 0 Å². The largest absolute Gasteiger partial charge is 0.306 e. The molecule has 0 saturated heterocycles. The predicted molar refractivity (Wildman–Crippen MR) is 46.5 cm³/mol. The third kappa shape index (κ3) is 2.16. The fourth-order valence-corrected chi connectivity index (χ4v) is 2.58. The van der Waals surface area contributed by atoms with Gasteiger partial charge in [-0.15, -0.1) is 11.3 Å². The molecule has 0 spiro atoms. The van der Waals surface area contributed by atoms with E-state index in [2.05, 4.69) is 15.9 Å². The zero-order valence-corrected chi connectivity index (χ0v) is 8.13. The lowest BCUT2D eigenvalue weighted by Crippen LogP contribution is -1.90. The van der Waals surface area contributed by atoms with E-state index in [1.54, 1.807) is 0 Å². The van der Waals surface area contributed by atoms with E-state index in [0.29, 0.717) is 0 Å². The van der Waals surface area contributed by atoms with Crippen LogP contribution in [0.25, 0.3) is 0 Å². The minimum atomic E-state index is -1.73. The first-order valence-corrected chi connectivity index (χ1v) is 5.44. The Balaban J connectivity index is 2.74. The van der Waals surface area contributed by atoms with Gasteiger partial charge in [-0.05, 0) is 32.9 Å². The zero-order valence-electron chi connectivity index (χ0n) is 4.91. The van der Waals surface area contributed by atoms with Gasteiger partial charge >= 0.3 is 0 Å². The van der Waals surface area contributed by atoms with E-state index >= 15 is 0 Å². The van der Waals surface area contributed by atoms with E-state index in [9.17, 15) is 4.21 Å². The maximum atomic E-state index is 10.3. The first-order chi connectivity index (χ1) is 4.70. The van der Waals surface area contributed by atoms with E-state index in [4.69, 9.17) is 4.55 Å². The minimum absolute atomic E-state index is 0.212. The Hall–Kier alpha value is 0.290. The molecule has 1 rings (SSSR count). The summed E-state index contributed by atoms with van der Waals surface area (Å²) in [5.74, 6) is 0.212. The molecule has 1 unspecified atom stereocenters. The second-order valence-corrected chi connectivity index (χ2v) is 4.85. The van der Waals surface area contributed by atoms with Gasteiger partial charge in [0.2, 0.25) is 0 Å². The lowest BCUT2D eigenvalue weighted by molar-refractivity contribution is 0.563. The fourth-order valence-electron chi connectivity index (χ4n) is 0.555. The Kier molecular flexibility index (Phi) is 3.03. The first kappa shape index (κ1) is 8.39. The Morgan fingerprint density at radius 1 is 1.80 bits per heavy atom. The number of rotatable bonds is 2. The Bertz CT molecular complexity index is 246. The molecule has 1 atom stereocenters. The maximum Gasteiger partial charge on any atom is 0.157 e. The van der Waals surface area contributed by atoms with Gasteiger partial charge in [-0.3, -0.25) is 0 Å². The topological polar surface area (TPSA) is 37.3 Å². The number of hydrogen-bond donors (Lipinski definition) is 1. The molecule has 5 heteroatoms. The lowest BCUT2D eigenvalue weighted by atomic mass is 10.4. The first-order valence-electron chi connectivity index (χ1n) is 2.49. The Labute approximate surface area is 73.7 Å². The van der Waals surface area contributed by atoms with Crippen LogP contribution in [0.1, 0.15) is 5.56 Å². The summed E-state index contributed by atoms with van der Waals surface area (Å²) in [6.07, 6.45) is 0. The van der Waals surface area contributed by atoms with E-state index in [1.807, 2.05) is 11.4 Å². The maximum absolute atomic E-state index is 10.3. The van der Waals surface area contributed by atoms with Crippen molar-refractivity contribution >= 4 is 38.3 Å². The van der Waals surface area contributed by atoms with Crippen molar-refractivity contribution in [2.24, 2.45) is 0 Å². The van der Waals surface area contributed by atoms with Crippen LogP contribution < -0.4 is 0 Å². The summed E-state index contributed by atoms with van der Waals surface area (Å²) >= 11 is 3.06. The molecule has 0 aliphatic heterocycles. The van der Waals surface area contributed by atoms with Gasteiger partial charge in [0.25, 0.3) is 0 Å². The highest BCUT2D eigenvalue weighted by molar-refractivity contribution is 9.11. The van der Waals surface area contributed by atoms with Crippen molar-refractivity contribution in [3.8, 4) is 0 Å². The molecule has 56 valence electrons. The van der Waals surface area contributed by atoms with E-state index in [-0.39, 0.29) is 5.75 Å². The average molecular weight is 241 g/mol. The molecule has 0 aliphatic carbocycles. The summed E-state index contributed by atoms with van der Waals surface area (Å²) in [5, 5.41) is 1.88. The molecule has 1 N–H and O–H groups in total. The average Bonchev–Trinajstić information content (AvgIpc) is 2.15. The van der Waals surface area contributed by atoms with Crippen LogP contribution in [0.3, 0.4) is 0 Å². The standard InChI is InChI=1S/C5H5BrO2S2/c6-5-4(1-2-9-5)3-10(7)8/h1-2H,3H2,(H,7,8). The molecule has 0 radical (unpaired) electrons. The van der Waals surface area contributed by atoms with E-state index < -0.39 is 11.1 Å². The highest BCUT2D eigenvalue weighted by Crippen LogP contribution is 2.23. The van der Waals surface area contributed by atoms with Gasteiger partial charge in [0.05, 0.1) is 9.54 Å². The van der Waals surface area contributed by atoms with Crippen LogP contribution in [-0.2, 0) is 16.8 Å². The third-order valence-electron chi connectivity index (χ3n) is 0.972. The van der Waals surface area contributed by atoms with Crippen molar-refractivity contribution in [2.45, 2.75) is 5.75 Å². The van der Waals surface area contributed by atoms with Crippen LogP contribution in [0.4, 0.5) is 0 Å². The van der Waals surface area contributed by atoms with Crippen molar-refractivity contribution in [1.82, 2.24) is 0 Å². The molecule has 0 aromatic carbocycles. The van der Waals surface area contributed by atoms with Gasteiger partial charge in [-0.25, -0.2) is 4.21 Å². The Morgan fingerprint density at radius 2 is 2.50 bits per heavy atom. The number of halogens is 1. The van der Waals surface area contributed by atoms with Gasteiger partial charge in [0, 0.05) is 0 Å². The quantitative estimate of drug-likeness (QED) is 0.806. The molecular formula is C5H5BrO2S2. The van der Waals surface area contributed by atoms with Crippen LogP contribution in [0.15, 0.2) is 15.2 Å². The van der Waals surface area contributed by atoms with Gasteiger partial charge in [-0.2, -0.15) is 0 Å². The monoisotopic (exact) mass is 240 g/mol. The molecule has 0 bridgehead atoms. The highest BCUT2D eigenvalue weighted by Gasteiger charge is 2.02. The second-order valence-electron chi connectivity index (χ2n) is 1.69. The summed E-state index contributed by atoms with van der Waals surface area (Å²) in [7, 11) is 0. The third-order valence-corrected chi connectivity index (χ3v) is 3.34. The predicted octanol–water partition coefficient (Wildman–Crippen LogP) is 2.23. The second kappa shape index (κ2) is 3.61. The van der Waals surface area contributed by atoms with Crippen molar-refractivity contribution in [1.29, 1.82) is 0 Å². The van der Waals surface area contributed by atoms with Crippen molar-refractivity contribution in [3.63, 3.8) is 0 Å². The van der Waals surface area contributed by atoms with Gasteiger partial charge < -0.3 is 4.55 Å². The highest BCUT2D eigenvalue weighted by atomic mass is 79.9. The SMILES string of the molecule is O=S(O)Cc1ccsc1Br. The molecule has 0 saturated carbocycles. The molecule has 2 nitrogen and oxygen atoms in total. The van der Waals surface area contributed by atoms with Crippen molar-refractivity contribution in [2.75, 3.05) is 0 Å². The van der Waals surface area contributed by atoms with Crippen LogP contribution in [0, 0.1) is 0 Å². The molecule has 0 fully saturated rings. The lowest BCUT2D eigenvalue weighted by Gasteiger charge is -1.90. The van der Waals surface area contributed by atoms with Crippen LogP contribution >= 0.6 is 27.3 Å². The molecule has 1 heterocycles. The van der Waals surface area contributed by atoms with Crippen LogP contribution in [0.5, 0.6) is 0 Å². The summed E-state index contributed by atoms with van der Waals surface area (Å²) in [5.41, 5.74) is 0.894. The minimum Gasteiger partial charge on any atom is -0.306 e. The smallest absolute Gasteiger partial charge is 0.157 e. The van der Waals surface area contributed by atoms with Gasteiger partial charge in [0.15, 0.2) is 11.1 Å². The van der Waals surface area contributed by atoms with E-state index in [1.165, 1.54) is 11.3 Å². The molecule has 0 aliphatic rings. The summed E-state index contributed by atoms with van der Waals surface area (Å²) in [6, 6.07) is 1.84. The normalized spacial score (nSPS) is 13.4. The van der Waals surface area contributed by atoms with Crippen molar-refractivity contribution in [3.05, 3.63) is 20.8 Å².